The van der Waals surface area contributed by atoms with Gasteiger partial charge in [0, 0.05) is 0 Å². The fourth-order valence-electron chi connectivity index (χ4n) is 1.32. The van der Waals surface area contributed by atoms with E-state index in [1.807, 2.05) is 0 Å². The van der Waals surface area contributed by atoms with Crippen molar-refractivity contribution in [1.29, 1.82) is 5.41 Å². The minimum absolute atomic E-state index is 0.418. The van der Waals surface area contributed by atoms with Crippen molar-refractivity contribution in [2.45, 2.75) is 55.3 Å². The summed E-state index contributed by atoms with van der Waals surface area (Å²) in [5.41, 5.74) is 0. The fraction of sp³-hybridized carbons (Fsp3) is 0.750. The van der Waals surface area contributed by atoms with Crippen LogP contribution in [0.25, 0.3) is 0 Å². The third-order valence-corrected chi connectivity index (χ3v) is 2.79. The summed E-state index contributed by atoms with van der Waals surface area (Å²) >= 11 is 16.5. The topological polar surface area (TPSA) is 33.1 Å². The molecule has 0 heterocycles. The van der Waals surface area contributed by atoms with Gasteiger partial charge in [0.25, 0.3) is 3.79 Å². The van der Waals surface area contributed by atoms with Gasteiger partial charge in [0.1, 0.15) is 0 Å². The molecule has 0 aliphatic heterocycles. The molecule has 98 valence electrons. The average molecular weight is 299 g/mol. The second kappa shape index (κ2) is 8.91. The number of nitrogens with one attached hydrogen (secondary N) is 1. The Balaban J connectivity index is 3.86. The van der Waals surface area contributed by atoms with Crippen LogP contribution in [0.4, 0.5) is 0 Å². The molecule has 0 radical (unpaired) electrons. The maximum absolute atomic E-state index is 7.41. The van der Waals surface area contributed by atoms with Crippen LogP contribution in [-0.4, -0.2) is 15.8 Å². The van der Waals surface area contributed by atoms with Crippen molar-refractivity contribution < 1.29 is 4.74 Å². The Kier molecular flexibility index (Phi) is 8.86. The molecule has 0 saturated carbocycles. The van der Waals surface area contributed by atoms with Crippen LogP contribution >= 0.6 is 34.8 Å². The van der Waals surface area contributed by atoms with E-state index in [0.29, 0.717) is 6.42 Å². The second-order valence-electron chi connectivity index (χ2n) is 3.80. The lowest BCUT2D eigenvalue weighted by Crippen LogP contribution is -2.26. The molecule has 0 bridgehead atoms. The molecule has 1 atom stereocenters. The van der Waals surface area contributed by atoms with Gasteiger partial charge < -0.3 is 4.74 Å². The van der Waals surface area contributed by atoms with Gasteiger partial charge in [-0.15, -0.1) is 6.42 Å². The van der Waals surface area contributed by atoms with Gasteiger partial charge in [0.2, 0.25) is 5.90 Å². The Morgan fingerprint density at radius 1 is 1.29 bits per heavy atom. The van der Waals surface area contributed by atoms with E-state index in [0.717, 1.165) is 12.8 Å². The summed E-state index contributed by atoms with van der Waals surface area (Å²) in [6.07, 6.45) is 11.2. The SMILES string of the molecule is C#CC(CCCCCCC)OC(=N)C(Cl)(Cl)Cl. The van der Waals surface area contributed by atoms with E-state index in [2.05, 4.69) is 12.8 Å². The van der Waals surface area contributed by atoms with E-state index in [1.54, 1.807) is 0 Å². The third-order valence-electron chi connectivity index (χ3n) is 2.27. The first-order valence-electron chi connectivity index (χ1n) is 5.70. The number of terminal acetylenes is 1. The van der Waals surface area contributed by atoms with Crippen molar-refractivity contribution in [2.75, 3.05) is 0 Å². The minimum Gasteiger partial charge on any atom is -0.462 e. The molecular weight excluding hydrogens is 280 g/mol. The largest absolute Gasteiger partial charge is 0.462 e. The highest BCUT2D eigenvalue weighted by Crippen LogP contribution is 2.28. The van der Waals surface area contributed by atoms with Crippen LogP contribution in [0.15, 0.2) is 0 Å². The van der Waals surface area contributed by atoms with E-state index < -0.39 is 15.8 Å². The Morgan fingerprint density at radius 3 is 2.35 bits per heavy atom. The van der Waals surface area contributed by atoms with Crippen molar-refractivity contribution >= 4 is 40.7 Å². The summed E-state index contributed by atoms with van der Waals surface area (Å²) < 4.78 is 3.29. The number of halogens is 3. The van der Waals surface area contributed by atoms with E-state index in [4.69, 9.17) is 51.4 Å². The number of rotatable bonds is 7. The van der Waals surface area contributed by atoms with E-state index >= 15 is 0 Å². The summed E-state index contributed by atoms with van der Waals surface area (Å²) in [4.78, 5) is 0. The molecule has 1 N–H and O–H groups in total. The standard InChI is InChI=1S/C12H18Cl3NO/c1-3-5-6-7-8-9-10(4-2)17-11(16)12(13,14)15/h2,10,16H,3,5-9H2,1H3. The molecule has 0 aromatic heterocycles. The summed E-state index contributed by atoms with van der Waals surface area (Å²) in [5.74, 6) is 2.04. The highest BCUT2D eigenvalue weighted by Gasteiger charge is 2.30. The maximum atomic E-state index is 7.41. The van der Waals surface area contributed by atoms with Crippen molar-refractivity contribution in [3.05, 3.63) is 0 Å². The molecule has 0 fully saturated rings. The first-order valence-corrected chi connectivity index (χ1v) is 6.83. The van der Waals surface area contributed by atoms with Gasteiger partial charge in [0.05, 0.1) is 0 Å². The monoisotopic (exact) mass is 297 g/mol. The summed E-state index contributed by atoms with van der Waals surface area (Å²) in [6, 6.07) is 0. The Labute approximate surface area is 118 Å². The molecular formula is C12H18Cl3NO. The lowest BCUT2D eigenvalue weighted by Gasteiger charge is -2.18. The van der Waals surface area contributed by atoms with Gasteiger partial charge in [-0.2, -0.15) is 0 Å². The zero-order valence-corrected chi connectivity index (χ0v) is 12.2. The van der Waals surface area contributed by atoms with E-state index in [9.17, 15) is 0 Å². The number of hydrogen-bond donors (Lipinski definition) is 1. The van der Waals surface area contributed by atoms with Crippen molar-refractivity contribution in [2.24, 2.45) is 0 Å². The summed E-state index contributed by atoms with van der Waals surface area (Å²) in [7, 11) is 0. The molecule has 0 aromatic rings. The molecule has 0 saturated heterocycles. The average Bonchev–Trinajstić information content (AvgIpc) is 2.25. The lowest BCUT2D eigenvalue weighted by molar-refractivity contribution is 0.223. The van der Waals surface area contributed by atoms with Gasteiger partial charge >= 0.3 is 0 Å². The van der Waals surface area contributed by atoms with Crippen LogP contribution in [0.2, 0.25) is 0 Å². The quantitative estimate of drug-likeness (QED) is 0.238. The van der Waals surface area contributed by atoms with Gasteiger partial charge in [-0.05, 0) is 12.8 Å². The van der Waals surface area contributed by atoms with Crippen molar-refractivity contribution in [1.82, 2.24) is 0 Å². The van der Waals surface area contributed by atoms with E-state index in [1.165, 1.54) is 19.3 Å². The fourth-order valence-corrected chi connectivity index (χ4v) is 1.45. The molecule has 0 aliphatic rings. The van der Waals surface area contributed by atoms with Gasteiger partial charge in [-0.25, -0.2) is 0 Å². The zero-order chi connectivity index (χ0) is 13.3. The molecule has 17 heavy (non-hydrogen) atoms. The van der Waals surface area contributed by atoms with Crippen molar-refractivity contribution in [3.63, 3.8) is 0 Å². The van der Waals surface area contributed by atoms with Crippen LogP contribution in [0.5, 0.6) is 0 Å². The smallest absolute Gasteiger partial charge is 0.265 e. The van der Waals surface area contributed by atoms with Gasteiger partial charge in [0.15, 0.2) is 6.10 Å². The number of alkyl halides is 3. The minimum atomic E-state index is -1.84. The molecule has 0 rings (SSSR count). The van der Waals surface area contributed by atoms with Crippen LogP contribution < -0.4 is 0 Å². The van der Waals surface area contributed by atoms with Crippen molar-refractivity contribution in [3.8, 4) is 12.3 Å². The number of hydrogen-bond acceptors (Lipinski definition) is 2. The Morgan fingerprint density at radius 2 is 1.88 bits per heavy atom. The highest BCUT2D eigenvalue weighted by atomic mass is 35.6. The van der Waals surface area contributed by atoms with Gasteiger partial charge in [-0.3, -0.25) is 5.41 Å². The molecule has 2 nitrogen and oxygen atoms in total. The summed E-state index contributed by atoms with van der Waals surface area (Å²) in [6.45, 7) is 2.16. The van der Waals surface area contributed by atoms with Gasteiger partial charge in [-0.1, -0.05) is 73.3 Å². The highest BCUT2D eigenvalue weighted by molar-refractivity contribution is 6.76. The molecule has 0 aliphatic carbocycles. The maximum Gasteiger partial charge on any atom is 0.265 e. The van der Waals surface area contributed by atoms with Crippen LogP contribution in [-0.2, 0) is 4.74 Å². The normalized spacial score (nSPS) is 12.9. The lowest BCUT2D eigenvalue weighted by atomic mass is 10.1. The number of ether oxygens (including phenoxy) is 1. The first kappa shape index (κ1) is 16.9. The predicted octanol–water partition coefficient (Wildman–Crippen LogP) is 4.71. The first-order chi connectivity index (χ1) is 7.91. The predicted molar refractivity (Wildman–Crippen MR) is 75.1 cm³/mol. The molecule has 0 spiro atoms. The Bertz CT molecular complexity index is 268. The van der Waals surface area contributed by atoms with E-state index in [-0.39, 0.29) is 0 Å². The van der Waals surface area contributed by atoms with Crippen LogP contribution in [0.1, 0.15) is 45.4 Å². The molecule has 0 amide bonds. The third kappa shape index (κ3) is 8.60. The van der Waals surface area contributed by atoms with Crippen LogP contribution in [0.3, 0.4) is 0 Å². The number of unbranched alkanes of at least 4 members (excludes halogenated alkanes) is 4. The summed E-state index contributed by atoms with van der Waals surface area (Å²) in [5, 5.41) is 7.41. The molecule has 5 heteroatoms. The second-order valence-corrected chi connectivity index (χ2v) is 6.08. The molecule has 0 aromatic carbocycles. The zero-order valence-electron chi connectivity index (χ0n) is 9.94. The molecule has 1 unspecified atom stereocenters. The van der Waals surface area contributed by atoms with Crippen LogP contribution in [0, 0.1) is 17.8 Å². The Hall–Kier alpha value is -0.100.